The van der Waals surface area contributed by atoms with E-state index in [1.807, 2.05) is 17.6 Å². The van der Waals surface area contributed by atoms with Crippen LogP contribution in [0, 0.1) is 12.7 Å². The van der Waals surface area contributed by atoms with Gasteiger partial charge >= 0.3 is 0 Å². The third-order valence-corrected chi connectivity index (χ3v) is 3.97. The van der Waals surface area contributed by atoms with Crippen LogP contribution in [0.15, 0.2) is 27.2 Å². The molecule has 0 saturated carbocycles. The van der Waals surface area contributed by atoms with Gasteiger partial charge in [-0.25, -0.2) is 9.37 Å². The lowest BCUT2D eigenvalue weighted by atomic mass is 10.3. The van der Waals surface area contributed by atoms with Crippen molar-refractivity contribution >= 4 is 38.6 Å². The maximum atomic E-state index is 13.8. The van der Waals surface area contributed by atoms with Gasteiger partial charge in [0.2, 0.25) is 0 Å². The van der Waals surface area contributed by atoms with Crippen molar-refractivity contribution in [1.29, 1.82) is 0 Å². The molecule has 0 aliphatic rings. The number of aryl methyl sites for hydroxylation is 2. The fourth-order valence-electron chi connectivity index (χ4n) is 2.27. The lowest BCUT2D eigenvalue weighted by Gasteiger charge is -2.06. The Morgan fingerprint density at radius 1 is 1.38 bits per heavy atom. The van der Waals surface area contributed by atoms with E-state index in [1.165, 1.54) is 6.07 Å². The van der Waals surface area contributed by atoms with Gasteiger partial charge in [0.25, 0.3) is 0 Å². The smallest absolute Gasteiger partial charge is 0.156 e. The number of rotatable bonds is 4. The first kappa shape index (κ1) is 14.5. The highest BCUT2D eigenvalue weighted by molar-refractivity contribution is 9.10. The quantitative estimate of drug-likeness (QED) is 0.649. The van der Waals surface area contributed by atoms with Crippen molar-refractivity contribution in [3.05, 3.63) is 45.8 Å². The molecule has 3 rings (SSSR count). The molecule has 2 heterocycles. The number of hydrogen-bond acceptors (Lipinski definition) is 3. The van der Waals surface area contributed by atoms with Gasteiger partial charge < -0.3 is 9.09 Å². The number of halogens is 3. The van der Waals surface area contributed by atoms with Crippen molar-refractivity contribution < 1.29 is 8.91 Å². The Kier molecular flexibility index (Phi) is 3.99. The number of imidazole rings is 1. The van der Waals surface area contributed by atoms with E-state index in [0.717, 1.165) is 17.0 Å². The minimum atomic E-state index is -0.324. The SMILES string of the molecule is Cc1cc(Cn2c(CCCl)nc3cc(Br)c(F)cc32)on1. The number of aromatic nitrogens is 3. The van der Waals surface area contributed by atoms with Gasteiger partial charge in [0.1, 0.15) is 11.6 Å². The highest BCUT2D eigenvalue weighted by Crippen LogP contribution is 2.25. The molecular weight excluding hydrogens is 361 g/mol. The Bertz CT molecular complexity index is 799. The lowest BCUT2D eigenvalue weighted by Crippen LogP contribution is -2.05. The highest BCUT2D eigenvalue weighted by Gasteiger charge is 2.15. The maximum absolute atomic E-state index is 13.8. The van der Waals surface area contributed by atoms with Gasteiger partial charge in [-0.15, -0.1) is 11.6 Å². The van der Waals surface area contributed by atoms with E-state index >= 15 is 0 Å². The predicted molar refractivity (Wildman–Crippen MR) is 82.2 cm³/mol. The molecule has 0 aliphatic carbocycles. The van der Waals surface area contributed by atoms with Crippen LogP contribution in [0.25, 0.3) is 11.0 Å². The average molecular weight is 373 g/mol. The predicted octanol–water partition coefficient (Wildman–Crippen LogP) is 4.06. The van der Waals surface area contributed by atoms with Crippen molar-refractivity contribution in [3.8, 4) is 0 Å². The second-order valence-corrected chi connectivity index (χ2v) is 5.98. The number of alkyl halides is 1. The van der Waals surface area contributed by atoms with Crippen molar-refractivity contribution in [2.45, 2.75) is 19.9 Å². The zero-order chi connectivity index (χ0) is 15.0. The number of hydrogen-bond donors (Lipinski definition) is 0. The molecule has 0 amide bonds. The van der Waals surface area contributed by atoms with Gasteiger partial charge in [-0.3, -0.25) is 0 Å². The lowest BCUT2D eigenvalue weighted by molar-refractivity contribution is 0.373. The molecule has 7 heteroatoms. The van der Waals surface area contributed by atoms with Crippen LogP contribution in [0.5, 0.6) is 0 Å². The standard InChI is InChI=1S/C14H12BrClFN3O/c1-8-4-9(21-19-8)7-20-13-6-11(17)10(15)5-12(13)18-14(20)2-3-16/h4-6H,2-3,7H2,1H3. The molecule has 0 radical (unpaired) electrons. The van der Waals surface area contributed by atoms with Crippen molar-refractivity contribution in [2.24, 2.45) is 0 Å². The summed E-state index contributed by atoms with van der Waals surface area (Å²) in [5.41, 5.74) is 2.24. The minimum absolute atomic E-state index is 0.324. The van der Waals surface area contributed by atoms with Gasteiger partial charge in [0.15, 0.2) is 5.76 Å². The largest absolute Gasteiger partial charge is 0.359 e. The first-order valence-electron chi connectivity index (χ1n) is 6.41. The molecule has 0 unspecified atom stereocenters. The average Bonchev–Trinajstić information content (AvgIpc) is 2.97. The summed E-state index contributed by atoms with van der Waals surface area (Å²) in [6.45, 7) is 2.31. The normalized spacial score (nSPS) is 11.4. The first-order valence-corrected chi connectivity index (χ1v) is 7.73. The van der Waals surface area contributed by atoms with Crippen LogP contribution in [0.1, 0.15) is 17.3 Å². The molecule has 0 N–H and O–H groups in total. The highest BCUT2D eigenvalue weighted by atomic mass is 79.9. The Hall–Kier alpha value is -1.40. The summed E-state index contributed by atoms with van der Waals surface area (Å²) in [7, 11) is 0. The number of benzene rings is 1. The molecule has 2 aromatic heterocycles. The van der Waals surface area contributed by atoms with Crippen molar-refractivity contribution in [1.82, 2.24) is 14.7 Å². The zero-order valence-electron chi connectivity index (χ0n) is 11.2. The van der Waals surface area contributed by atoms with E-state index in [0.29, 0.717) is 34.6 Å². The van der Waals surface area contributed by atoms with E-state index in [2.05, 4.69) is 26.1 Å². The summed E-state index contributed by atoms with van der Waals surface area (Å²) in [5, 5.41) is 3.87. The summed E-state index contributed by atoms with van der Waals surface area (Å²) in [5.74, 6) is 1.62. The summed E-state index contributed by atoms with van der Waals surface area (Å²) in [6, 6.07) is 4.99. The third kappa shape index (κ3) is 2.82. The monoisotopic (exact) mass is 371 g/mol. The Morgan fingerprint density at radius 2 is 2.19 bits per heavy atom. The number of nitrogens with zero attached hydrogens (tertiary/aromatic N) is 3. The summed E-state index contributed by atoms with van der Waals surface area (Å²) >= 11 is 9.01. The molecule has 110 valence electrons. The van der Waals surface area contributed by atoms with Crippen molar-refractivity contribution in [3.63, 3.8) is 0 Å². The van der Waals surface area contributed by atoms with E-state index in [-0.39, 0.29) is 5.82 Å². The molecule has 0 atom stereocenters. The van der Waals surface area contributed by atoms with Gasteiger partial charge in [-0.05, 0) is 28.9 Å². The Balaban J connectivity index is 2.12. The van der Waals surface area contributed by atoms with Crippen LogP contribution in [0.2, 0.25) is 0 Å². The van der Waals surface area contributed by atoms with E-state index in [9.17, 15) is 4.39 Å². The Labute approximate surface area is 134 Å². The van der Waals surface area contributed by atoms with Gasteiger partial charge in [-0.1, -0.05) is 5.16 Å². The molecular formula is C14H12BrClFN3O. The fourth-order valence-corrected chi connectivity index (χ4v) is 2.77. The molecule has 0 fully saturated rings. The first-order chi connectivity index (χ1) is 10.1. The second-order valence-electron chi connectivity index (χ2n) is 4.74. The van der Waals surface area contributed by atoms with Gasteiger partial charge in [-0.2, -0.15) is 0 Å². The van der Waals surface area contributed by atoms with Crippen LogP contribution in [0.3, 0.4) is 0 Å². The number of fused-ring (bicyclic) bond motifs is 1. The molecule has 1 aromatic carbocycles. The molecule has 21 heavy (non-hydrogen) atoms. The van der Waals surface area contributed by atoms with Crippen LogP contribution in [0.4, 0.5) is 4.39 Å². The van der Waals surface area contributed by atoms with E-state index in [1.54, 1.807) is 6.07 Å². The third-order valence-electron chi connectivity index (χ3n) is 3.18. The summed E-state index contributed by atoms with van der Waals surface area (Å²) < 4.78 is 21.4. The molecule has 0 bridgehead atoms. The topological polar surface area (TPSA) is 43.9 Å². The van der Waals surface area contributed by atoms with Crippen molar-refractivity contribution in [2.75, 3.05) is 5.88 Å². The van der Waals surface area contributed by atoms with Crippen LogP contribution in [-0.2, 0) is 13.0 Å². The fraction of sp³-hybridized carbons (Fsp3) is 0.286. The van der Waals surface area contributed by atoms with Crippen LogP contribution >= 0.6 is 27.5 Å². The van der Waals surface area contributed by atoms with E-state index in [4.69, 9.17) is 16.1 Å². The molecule has 0 spiro atoms. The van der Waals surface area contributed by atoms with Gasteiger partial charge in [0.05, 0.1) is 27.7 Å². The maximum Gasteiger partial charge on any atom is 0.156 e. The molecule has 4 nitrogen and oxygen atoms in total. The Morgan fingerprint density at radius 3 is 2.86 bits per heavy atom. The van der Waals surface area contributed by atoms with E-state index < -0.39 is 0 Å². The summed E-state index contributed by atoms with van der Waals surface area (Å²) in [6.07, 6.45) is 0.600. The van der Waals surface area contributed by atoms with Crippen LogP contribution in [-0.4, -0.2) is 20.6 Å². The molecule has 0 saturated heterocycles. The molecule has 3 aromatic rings. The minimum Gasteiger partial charge on any atom is -0.359 e. The summed E-state index contributed by atoms with van der Waals surface area (Å²) in [4.78, 5) is 4.53. The van der Waals surface area contributed by atoms with Crippen LogP contribution < -0.4 is 0 Å². The van der Waals surface area contributed by atoms with Gasteiger partial charge in [0, 0.05) is 24.4 Å². The molecule has 0 aliphatic heterocycles. The zero-order valence-corrected chi connectivity index (χ0v) is 13.6. The second kappa shape index (κ2) is 5.77.